The van der Waals surface area contributed by atoms with Crippen molar-refractivity contribution in [3.63, 3.8) is 0 Å². The van der Waals surface area contributed by atoms with Crippen LogP contribution in [0.3, 0.4) is 0 Å². The Balaban J connectivity index is 1.69. The number of aliphatic hydroxyl groups excluding tert-OH is 1. The van der Waals surface area contributed by atoms with Gasteiger partial charge < -0.3 is 15.4 Å². The Morgan fingerprint density at radius 3 is 2.56 bits per heavy atom. The number of rotatable bonds is 1. The number of hydrogen-bond acceptors (Lipinski definition) is 4. The second-order valence-corrected chi connectivity index (χ2v) is 9.70. The number of fused-ring (bicyclic) bond motifs is 5. The summed E-state index contributed by atoms with van der Waals surface area (Å²) in [6.07, 6.45) is 10.0. The maximum absolute atomic E-state index is 11.4. The molecule has 0 aromatic heterocycles. The molecule has 3 N–H and O–H groups in total. The third-order valence-corrected chi connectivity index (χ3v) is 8.98. The van der Waals surface area contributed by atoms with Crippen LogP contribution < -0.4 is 0 Å². The van der Waals surface area contributed by atoms with Crippen LogP contribution in [0.1, 0.15) is 72.1 Å². The molecule has 4 aliphatic rings. The van der Waals surface area contributed by atoms with Gasteiger partial charge in [0, 0.05) is 5.41 Å². The molecule has 0 spiro atoms. The zero-order valence-electron chi connectivity index (χ0n) is 15.8. The molecule has 0 amide bonds. The molecule has 7 atom stereocenters. The van der Waals surface area contributed by atoms with Crippen molar-refractivity contribution in [1.29, 1.82) is 0 Å². The van der Waals surface area contributed by atoms with Gasteiger partial charge in [0.2, 0.25) is 0 Å². The van der Waals surface area contributed by atoms with Gasteiger partial charge in [-0.15, -0.1) is 0 Å². The Kier molecular flexibility index (Phi) is 3.90. The van der Waals surface area contributed by atoms with Crippen LogP contribution in [-0.4, -0.2) is 32.8 Å². The molecule has 0 aliphatic heterocycles. The fourth-order valence-electron chi connectivity index (χ4n) is 7.33. The van der Waals surface area contributed by atoms with Crippen LogP contribution in [0.25, 0.3) is 0 Å². The third-order valence-electron chi connectivity index (χ3n) is 8.98. The van der Waals surface area contributed by atoms with Crippen LogP contribution in [-0.2, 0) is 0 Å². The molecule has 4 rings (SSSR count). The molecule has 0 bridgehead atoms. The molecule has 0 aromatic rings. The maximum Gasteiger partial charge on any atom is 0.111 e. The van der Waals surface area contributed by atoms with E-state index in [0.717, 1.165) is 44.9 Å². The van der Waals surface area contributed by atoms with Gasteiger partial charge in [0.15, 0.2) is 0 Å². The minimum absolute atomic E-state index is 0.162. The first-order valence-electron chi connectivity index (χ1n) is 10.1. The van der Waals surface area contributed by atoms with Crippen molar-refractivity contribution in [3.8, 4) is 0 Å². The minimum Gasteiger partial charge on any atom is -0.411 e. The van der Waals surface area contributed by atoms with Crippen LogP contribution in [0.15, 0.2) is 16.8 Å². The van der Waals surface area contributed by atoms with E-state index in [2.05, 4.69) is 25.1 Å². The molecule has 25 heavy (non-hydrogen) atoms. The van der Waals surface area contributed by atoms with Crippen LogP contribution in [0.2, 0.25) is 0 Å². The van der Waals surface area contributed by atoms with E-state index in [1.807, 2.05) is 0 Å². The molecular weight excluding hydrogens is 314 g/mol. The molecule has 3 saturated carbocycles. The standard InChI is InChI=1S/C21H33NO3/c1-13(22-25)21(24)11-8-18-16-5-4-14-12-15(23)6-9-19(14,2)17(16)7-10-20(18,21)3/h4,15-18,23-25H,5-12H2,1-3H3/b22-13-/t15?,16?,17?,18?,19?,20?,21-/m0/s1. The van der Waals surface area contributed by atoms with Crippen LogP contribution in [0.5, 0.6) is 0 Å². The van der Waals surface area contributed by atoms with E-state index in [1.54, 1.807) is 6.92 Å². The molecule has 4 heteroatoms. The van der Waals surface area contributed by atoms with E-state index in [9.17, 15) is 15.4 Å². The summed E-state index contributed by atoms with van der Waals surface area (Å²) in [5.74, 6) is 1.74. The quantitative estimate of drug-likeness (QED) is 0.292. The first kappa shape index (κ1) is 17.5. The summed E-state index contributed by atoms with van der Waals surface area (Å²) >= 11 is 0. The molecule has 0 heterocycles. The van der Waals surface area contributed by atoms with Gasteiger partial charge in [-0.1, -0.05) is 30.7 Å². The molecule has 140 valence electrons. The summed E-state index contributed by atoms with van der Waals surface area (Å²) < 4.78 is 0. The second kappa shape index (κ2) is 5.56. The molecule has 0 radical (unpaired) electrons. The van der Waals surface area contributed by atoms with Gasteiger partial charge in [0.05, 0.1) is 11.8 Å². The normalized spacial score (nSPS) is 52.8. The first-order chi connectivity index (χ1) is 11.8. The zero-order valence-corrected chi connectivity index (χ0v) is 15.8. The van der Waals surface area contributed by atoms with Crippen molar-refractivity contribution >= 4 is 5.71 Å². The highest BCUT2D eigenvalue weighted by Crippen LogP contribution is 2.67. The summed E-state index contributed by atoms with van der Waals surface area (Å²) in [7, 11) is 0. The number of aliphatic hydroxyl groups is 2. The summed E-state index contributed by atoms with van der Waals surface area (Å²) in [6.45, 7) is 6.41. The fraction of sp³-hybridized carbons (Fsp3) is 0.857. The SMILES string of the molecule is C/C(=N/O)[C@@]1(O)CCC2C3CC=C4CC(O)CCC4(C)C3CCC21C. The van der Waals surface area contributed by atoms with Gasteiger partial charge in [0.25, 0.3) is 0 Å². The molecule has 4 nitrogen and oxygen atoms in total. The lowest BCUT2D eigenvalue weighted by Gasteiger charge is -2.58. The number of hydrogen-bond donors (Lipinski definition) is 3. The Hall–Kier alpha value is -0.870. The van der Waals surface area contributed by atoms with Crippen LogP contribution >= 0.6 is 0 Å². The smallest absolute Gasteiger partial charge is 0.111 e. The van der Waals surface area contributed by atoms with Crippen LogP contribution in [0.4, 0.5) is 0 Å². The van der Waals surface area contributed by atoms with E-state index < -0.39 is 5.60 Å². The molecular formula is C21H33NO3. The highest BCUT2D eigenvalue weighted by Gasteiger charge is 2.64. The summed E-state index contributed by atoms with van der Waals surface area (Å²) in [5.41, 5.74) is 1.03. The van der Waals surface area contributed by atoms with Gasteiger partial charge in [-0.25, -0.2) is 0 Å². The number of allylic oxidation sites excluding steroid dienone is 1. The maximum atomic E-state index is 11.4. The van der Waals surface area contributed by atoms with Crippen molar-refractivity contribution in [1.82, 2.24) is 0 Å². The highest BCUT2D eigenvalue weighted by atomic mass is 16.4. The van der Waals surface area contributed by atoms with Gasteiger partial charge in [-0.2, -0.15) is 0 Å². The zero-order chi connectivity index (χ0) is 18.0. The molecule has 6 unspecified atom stereocenters. The van der Waals surface area contributed by atoms with Crippen molar-refractivity contribution in [2.45, 2.75) is 83.8 Å². The van der Waals surface area contributed by atoms with Crippen molar-refractivity contribution in [2.75, 3.05) is 0 Å². The minimum atomic E-state index is -0.967. The van der Waals surface area contributed by atoms with Crippen molar-refractivity contribution in [3.05, 3.63) is 11.6 Å². The van der Waals surface area contributed by atoms with E-state index in [-0.39, 0.29) is 16.9 Å². The number of oxime groups is 1. The third kappa shape index (κ3) is 2.16. The predicted molar refractivity (Wildman–Crippen MR) is 97.6 cm³/mol. The Labute approximate surface area is 151 Å². The summed E-state index contributed by atoms with van der Waals surface area (Å²) in [6, 6.07) is 0. The fourth-order valence-corrected chi connectivity index (χ4v) is 7.33. The lowest BCUT2D eigenvalue weighted by molar-refractivity contribution is -0.0936. The summed E-state index contributed by atoms with van der Waals surface area (Å²) in [4.78, 5) is 0. The average molecular weight is 347 g/mol. The Bertz CT molecular complexity index is 629. The second-order valence-electron chi connectivity index (χ2n) is 9.70. The molecule has 3 fully saturated rings. The van der Waals surface area contributed by atoms with E-state index >= 15 is 0 Å². The Morgan fingerprint density at radius 1 is 1.12 bits per heavy atom. The van der Waals surface area contributed by atoms with Gasteiger partial charge in [-0.05, 0) is 81.5 Å². The van der Waals surface area contributed by atoms with Gasteiger partial charge in [0.1, 0.15) is 5.60 Å². The van der Waals surface area contributed by atoms with E-state index in [0.29, 0.717) is 29.9 Å². The summed E-state index contributed by atoms with van der Waals surface area (Å²) in [5, 5.41) is 34.2. The van der Waals surface area contributed by atoms with Crippen molar-refractivity contribution < 1.29 is 15.4 Å². The topological polar surface area (TPSA) is 73.1 Å². The van der Waals surface area contributed by atoms with Crippen molar-refractivity contribution in [2.24, 2.45) is 33.7 Å². The van der Waals surface area contributed by atoms with Gasteiger partial charge >= 0.3 is 0 Å². The van der Waals surface area contributed by atoms with E-state index in [4.69, 9.17) is 0 Å². The Morgan fingerprint density at radius 2 is 1.84 bits per heavy atom. The van der Waals surface area contributed by atoms with Crippen LogP contribution in [0, 0.1) is 28.6 Å². The monoisotopic (exact) mass is 347 g/mol. The predicted octanol–water partition coefficient (Wildman–Crippen LogP) is 3.89. The largest absolute Gasteiger partial charge is 0.411 e. The molecule has 0 aromatic carbocycles. The molecule has 0 saturated heterocycles. The molecule has 4 aliphatic carbocycles. The number of nitrogens with zero attached hydrogens (tertiary/aromatic N) is 1. The average Bonchev–Trinajstić information content (AvgIpc) is 2.87. The highest BCUT2D eigenvalue weighted by molar-refractivity contribution is 5.91. The van der Waals surface area contributed by atoms with E-state index in [1.165, 1.54) is 5.57 Å². The lowest BCUT2D eigenvalue weighted by atomic mass is 9.46. The first-order valence-corrected chi connectivity index (χ1v) is 10.1. The van der Waals surface area contributed by atoms with Gasteiger partial charge in [-0.3, -0.25) is 0 Å². The lowest BCUT2D eigenvalue weighted by Crippen LogP contribution is -2.57.